The van der Waals surface area contributed by atoms with Crippen LogP contribution >= 0.6 is 0 Å². The van der Waals surface area contributed by atoms with Crippen molar-refractivity contribution in [3.05, 3.63) is 35.6 Å². The van der Waals surface area contributed by atoms with Crippen LogP contribution in [0.1, 0.15) is 5.56 Å². The molecule has 0 saturated heterocycles. The Morgan fingerprint density at radius 1 is 1.46 bits per heavy atom. The van der Waals surface area contributed by atoms with Crippen molar-refractivity contribution in [1.82, 2.24) is 0 Å². The molecule has 2 nitrogen and oxygen atoms in total. The summed E-state index contributed by atoms with van der Waals surface area (Å²) in [7, 11) is 0. The molecule has 1 unspecified atom stereocenters. The maximum Gasteiger partial charge on any atom is 0.338 e. The zero-order chi connectivity index (χ0) is 9.84. The fraction of sp³-hybridized carbons (Fsp3) is 0.222. The van der Waals surface area contributed by atoms with Crippen LogP contribution in [0, 0.1) is 5.82 Å². The van der Waals surface area contributed by atoms with E-state index in [1.807, 2.05) is 0 Å². The Bertz CT molecular complexity index is 312. The maximum absolute atomic E-state index is 12.9. The van der Waals surface area contributed by atoms with Crippen molar-refractivity contribution in [2.75, 3.05) is 0 Å². The monoisotopic (exact) mass is 186 g/mol. The molecule has 0 aromatic heterocycles. The lowest BCUT2D eigenvalue weighted by molar-refractivity contribution is -0.142. The van der Waals surface area contributed by atoms with Gasteiger partial charge in [0.15, 0.2) is 0 Å². The Morgan fingerprint density at radius 2 is 2.08 bits per heavy atom. The normalized spacial score (nSPS) is 12.5. The van der Waals surface area contributed by atoms with Gasteiger partial charge in [0.05, 0.1) is 0 Å². The van der Waals surface area contributed by atoms with Gasteiger partial charge in [0.1, 0.15) is 5.82 Å². The number of alkyl halides is 1. The van der Waals surface area contributed by atoms with Crippen molar-refractivity contribution in [3.63, 3.8) is 0 Å². The van der Waals surface area contributed by atoms with E-state index in [-0.39, 0.29) is 5.56 Å². The third-order valence-corrected chi connectivity index (χ3v) is 1.62. The smallest absolute Gasteiger partial charge is 0.338 e. The Balaban J connectivity index is 2.74. The minimum atomic E-state index is -2.04. The van der Waals surface area contributed by atoms with Crippen LogP contribution in [-0.2, 0) is 11.2 Å². The maximum atomic E-state index is 12.9. The summed E-state index contributed by atoms with van der Waals surface area (Å²) in [6, 6.07) is 5.54. The lowest BCUT2D eigenvalue weighted by Crippen LogP contribution is -2.17. The SMILES string of the molecule is O=C(O)C(F)Cc1ccccc1F. The quantitative estimate of drug-likeness (QED) is 0.781. The van der Waals surface area contributed by atoms with E-state index < -0.39 is 24.4 Å². The molecule has 1 atom stereocenters. The molecule has 0 aliphatic heterocycles. The van der Waals surface area contributed by atoms with E-state index in [1.165, 1.54) is 24.3 Å². The van der Waals surface area contributed by atoms with Crippen LogP contribution in [0.25, 0.3) is 0 Å². The highest BCUT2D eigenvalue weighted by Gasteiger charge is 2.17. The van der Waals surface area contributed by atoms with E-state index in [0.717, 1.165) is 0 Å². The summed E-state index contributed by atoms with van der Waals surface area (Å²) < 4.78 is 25.5. The van der Waals surface area contributed by atoms with Crippen molar-refractivity contribution in [3.8, 4) is 0 Å². The second kappa shape index (κ2) is 3.98. The van der Waals surface area contributed by atoms with Crippen LogP contribution in [0.15, 0.2) is 24.3 Å². The van der Waals surface area contributed by atoms with Crippen LogP contribution in [0.5, 0.6) is 0 Å². The molecule has 0 amide bonds. The number of hydrogen-bond acceptors (Lipinski definition) is 1. The largest absolute Gasteiger partial charge is 0.479 e. The molecular weight excluding hydrogens is 178 g/mol. The van der Waals surface area contributed by atoms with Gasteiger partial charge in [-0.25, -0.2) is 13.6 Å². The van der Waals surface area contributed by atoms with Crippen LogP contribution in [0.3, 0.4) is 0 Å². The first kappa shape index (κ1) is 9.64. The lowest BCUT2D eigenvalue weighted by atomic mass is 10.1. The van der Waals surface area contributed by atoms with E-state index in [9.17, 15) is 13.6 Å². The van der Waals surface area contributed by atoms with Gasteiger partial charge in [0.25, 0.3) is 0 Å². The third kappa shape index (κ3) is 2.50. The Labute approximate surface area is 73.8 Å². The Morgan fingerprint density at radius 3 is 2.62 bits per heavy atom. The van der Waals surface area contributed by atoms with Gasteiger partial charge in [0.2, 0.25) is 6.17 Å². The molecule has 0 aliphatic rings. The van der Waals surface area contributed by atoms with E-state index >= 15 is 0 Å². The van der Waals surface area contributed by atoms with Gasteiger partial charge in [-0.15, -0.1) is 0 Å². The van der Waals surface area contributed by atoms with Gasteiger partial charge in [-0.1, -0.05) is 18.2 Å². The van der Waals surface area contributed by atoms with Gasteiger partial charge < -0.3 is 5.11 Å². The first-order chi connectivity index (χ1) is 6.11. The molecule has 0 radical (unpaired) electrons. The number of carbonyl (C=O) groups is 1. The molecule has 1 aromatic rings. The average Bonchev–Trinajstić information content (AvgIpc) is 2.08. The molecule has 0 heterocycles. The molecule has 0 aliphatic carbocycles. The zero-order valence-electron chi connectivity index (χ0n) is 6.71. The fourth-order valence-corrected chi connectivity index (χ4v) is 0.944. The van der Waals surface area contributed by atoms with Crippen molar-refractivity contribution in [2.24, 2.45) is 0 Å². The number of carboxylic acid groups (broad SMARTS) is 1. The highest BCUT2D eigenvalue weighted by atomic mass is 19.1. The molecule has 1 N–H and O–H groups in total. The number of halogens is 2. The van der Waals surface area contributed by atoms with Crippen LogP contribution in [0.4, 0.5) is 8.78 Å². The standard InChI is InChI=1S/C9H8F2O2/c10-7-4-2-1-3-6(7)5-8(11)9(12)13/h1-4,8H,5H2,(H,12,13). The molecule has 4 heteroatoms. The van der Waals surface area contributed by atoms with E-state index in [0.29, 0.717) is 0 Å². The molecule has 13 heavy (non-hydrogen) atoms. The highest BCUT2D eigenvalue weighted by molar-refractivity contribution is 5.72. The number of carboxylic acids is 1. The number of benzene rings is 1. The van der Waals surface area contributed by atoms with Gasteiger partial charge in [0, 0.05) is 6.42 Å². The van der Waals surface area contributed by atoms with Crippen molar-refractivity contribution >= 4 is 5.97 Å². The van der Waals surface area contributed by atoms with Gasteiger partial charge in [-0.2, -0.15) is 0 Å². The summed E-state index contributed by atoms with van der Waals surface area (Å²) in [5.41, 5.74) is 0.0809. The highest BCUT2D eigenvalue weighted by Crippen LogP contribution is 2.10. The van der Waals surface area contributed by atoms with Crippen molar-refractivity contribution in [2.45, 2.75) is 12.6 Å². The predicted molar refractivity (Wildman–Crippen MR) is 42.6 cm³/mol. The topological polar surface area (TPSA) is 37.3 Å². The van der Waals surface area contributed by atoms with E-state index in [1.54, 1.807) is 0 Å². The second-order valence-electron chi connectivity index (χ2n) is 2.60. The number of aliphatic carboxylic acids is 1. The second-order valence-corrected chi connectivity index (χ2v) is 2.60. The van der Waals surface area contributed by atoms with Crippen LogP contribution in [0.2, 0.25) is 0 Å². The summed E-state index contributed by atoms with van der Waals surface area (Å²) in [6.45, 7) is 0. The van der Waals surface area contributed by atoms with E-state index in [2.05, 4.69) is 0 Å². The minimum Gasteiger partial charge on any atom is -0.479 e. The van der Waals surface area contributed by atoms with Gasteiger partial charge >= 0.3 is 5.97 Å². The molecule has 1 aromatic carbocycles. The molecule has 0 bridgehead atoms. The Kier molecular flexibility index (Phi) is 2.95. The first-order valence-corrected chi connectivity index (χ1v) is 3.71. The average molecular weight is 186 g/mol. The van der Waals surface area contributed by atoms with Crippen LogP contribution < -0.4 is 0 Å². The molecule has 1 rings (SSSR count). The molecule has 0 fully saturated rings. The third-order valence-electron chi connectivity index (χ3n) is 1.62. The summed E-state index contributed by atoms with van der Waals surface area (Å²) in [6.07, 6.45) is -2.47. The fourth-order valence-electron chi connectivity index (χ4n) is 0.944. The number of rotatable bonds is 3. The summed E-state index contributed by atoms with van der Waals surface area (Å²) in [5.74, 6) is -2.14. The lowest BCUT2D eigenvalue weighted by Gasteiger charge is -2.03. The van der Waals surface area contributed by atoms with E-state index in [4.69, 9.17) is 5.11 Å². The first-order valence-electron chi connectivity index (χ1n) is 3.71. The molecule has 0 spiro atoms. The van der Waals surface area contributed by atoms with Crippen LogP contribution in [-0.4, -0.2) is 17.2 Å². The van der Waals surface area contributed by atoms with Gasteiger partial charge in [-0.3, -0.25) is 0 Å². The van der Waals surface area contributed by atoms with Crippen molar-refractivity contribution in [1.29, 1.82) is 0 Å². The predicted octanol–water partition coefficient (Wildman–Crippen LogP) is 1.79. The van der Waals surface area contributed by atoms with Gasteiger partial charge in [-0.05, 0) is 11.6 Å². The molecular formula is C9H8F2O2. The molecule has 70 valence electrons. The molecule has 0 saturated carbocycles. The van der Waals surface area contributed by atoms with Crippen molar-refractivity contribution < 1.29 is 18.7 Å². The number of hydrogen-bond donors (Lipinski definition) is 1. The Hall–Kier alpha value is -1.45. The summed E-state index contributed by atoms with van der Waals surface area (Å²) >= 11 is 0. The summed E-state index contributed by atoms with van der Waals surface area (Å²) in [4.78, 5) is 10.1. The minimum absolute atomic E-state index is 0.0809. The zero-order valence-corrected chi connectivity index (χ0v) is 6.71. The summed E-state index contributed by atoms with van der Waals surface area (Å²) in [5, 5.41) is 8.24.